The SMILES string of the molecule is Cc1ccc(C)c(NC(=O)CN2CCc3sccc3C2c2ccccc2)c1. The van der Waals surface area contributed by atoms with Crippen LogP contribution in [0.15, 0.2) is 60.0 Å². The van der Waals surface area contributed by atoms with Gasteiger partial charge in [0.15, 0.2) is 0 Å². The number of amides is 1. The number of carbonyl (C=O) groups excluding carboxylic acids is 1. The van der Waals surface area contributed by atoms with Crippen LogP contribution in [0.3, 0.4) is 0 Å². The number of hydrogen-bond donors (Lipinski definition) is 1. The number of aryl methyl sites for hydroxylation is 2. The van der Waals surface area contributed by atoms with Gasteiger partial charge in [0.25, 0.3) is 0 Å². The molecule has 0 saturated carbocycles. The number of anilines is 1. The summed E-state index contributed by atoms with van der Waals surface area (Å²) in [5.74, 6) is 0.0447. The number of thiophene rings is 1. The van der Waals surface area contributed by atoms with E-state index in [1.54, 1.807) is 0 Å². The fraction of sp³-hybridized carbons (Fsp3) is 0.261. The molecule has 138 valence electrons. The van der Waals surface area contributed by atoms with Crippen LogP contribution in [-0.2, 0) is 11.2 Å². The monoisotopic (exact) mass is 376 g/mol. The highest BCUT2D eigenvalue weighted by molar-refractivity contribution is 7.10. The normalized spacial score (nSPS) is 16.7. The third-order valence-electron chi connectivity index (χ3n) is 5.19. The first-order valence-corrected chi connectivity index (χ1v) is 10.2. The highest BCUT2D eigenvalue weighted by Gasteiger charge is 2.30. The van der Waals surface area contributed by atoms with E-state index in [4.69, 9.17) is 0 Å². The smallest absolute Gasteiger partial charge is 0.238 e. The van der Waals surface area contributed by atoms with Crippen molar-refractivity contribution in [2.45, 2.75) is 26.3 Å². The number of carbonyl (C=O) groups is 1. The fourth-order valence-corrected chi connectivity index (χ4v) is 4.71. The highest BCUT2D eigenvalue weighted by Crippen LogP contribution is 2.37. The van der Waals surface area contributed by atoms with Crippen LogP contribution in [-0.4, -0.2) is 23.9 Å². The van der Waals surface area contributed by atoms with Crippen molar-refractivity contribution in [2.24, 2.45) is 0 Å². The Balaban J connectivity index is 1.57. The minimum absolute atomic E-state index is 0.0447. The second-order valence-electron chi connectivity index (χ2n) is 7.20. The molecule has 4 rings (SSSR count). The summed E-state index contributed by atoms with van der Waals surface area (Å²) in [5, 5.41) is 5.28. The predicted molar refractivity (Wildman–Crippen MR) is 112 cm³/mol. The molecule has 1 aliphatic heterocycles. The van der Waals surface area contributed by atoms with Crippen LogP contribution < -0.4 is 5.32 Å². The Bertz CT molecular complexity index is 948. The van der Waals surface area contributed by atoms with E-state index in [2.05, 4.69) is 58.1 Å². The molecule has 2 heterocycles. The molecule has 3 nitrogen and oxygen atoms in total. The Labute approximate surface area is 164 Å². The van der Waals surface area contributed by atoms with Gasteiger partial charge in [-0.3, -0.25) is 9.69 Å². The van der Waals surface area contributed by atoms with Gasteiger partial charge in [-0.1, -0.05) is 42.5 Å². The largest absolute Gasteiger partial charge is 0.325 e. The molecule has 1 aromatic heterocycles. The summed E-state index contributed by atoms with van der Waals surface area (Å²) in [5.41, 5.74) is 5.74. The molecule has 0 spiro atoms. The quantitative estimate of drug-likeness (QED) is 0.699. The second kappa shape index (κ2) is 7.67. The molecule has 3 aromatic rings. The van der Waals surface area contributed by atoms with E-state index >= 15 is 0 Å². The lowest BCUT2D eigenvalue weighted by molar-refractivity contribution is -0.117. The molecule has 1 unspecified atom stereocenters. The molecule has 27 heavy (non-hydrogen) atoms. The van der Waals surface area contributed by atoms with Gasteiger partial charge in [-0.2, -0.15) is 0 Å². The van der Waals surface area contributed by atoms with E-state index in [0.717, 1.165) is 29.8 Å². The molecule has 1 aliphatic rings. The van der Waals surface area contributed by atoms with Gasteiger partial charge >= 0.3 is 0 Å². The number of nitrogens with zero attached hydrogens (tertiary/aromatic N) is 1. The van der Waals surface area contributed by atoms with Gasteiger partial charge in [0.1, 0.15) is 0 Å². The van der Waals surface area contributed by atoms with Crippen molar-refractivity contribution in [3.63, 3.8) is 0 Å². The Kier molecular flexibility index (Phi) is 5.10. The standard InChI is InChI=1S/C23H24N2OS/c1-16-8-9-17(2)20(14-16)24-22(26)15-25-12-10-21-19(11-13-27-21)23(25)18-6-4-3-5-7-18/h3-9,11,13-14,23H,10,12,15H2,1-2H3,(H,24,26). The first-order chi connectivity index (χ1) is 13.1. The van der Waals surface area contributed by atoms with Crippen LogP contribution in [0.25, 0.3) is 0 Å². The fourth-order valence-electron chi connectivity index (χ4n) is 3.81. The van der Waals surface area contributed by atoms with Gasteiger partial charge < -0.3 is 5.32 Å². The van der Waals surface area contributed by atoms with Crippen LogP contribution in [0.4, 0.5) is 5.69 Å². The van der Waals surface area contributed by atoms with Gasteiger partial charge in [-0.25, -0.2) is 0 Å². The molecule has 2 aromatic carbocycles. The average molecular weight is 377 g/mol. The van der Waals surface area contributed by atoms with E-state index in [1.807, 2.05) is 37.3 Å². The first-order valence-electron chi connectivity index (χ1n) is 9.34. The zero-order valence-corrected chi connectivity index (χ0v) is 16.6. The van der Waals surface area contributed by atoms with Gasteiger partial charge in [-0.15, -0.1) is 11.3 Å². The van der Waals surface area contributed by atoms with Crippen LogP contribution in [0.1, 0.15) is 33.2 Å². The summed E-state index contributed by atoms with van der Waals surface area (Å²) in [6.07, 6.45) is 1.01. The highest BCUT2D eigenvalue weighted by atomic mass is 32.1. The molecule has 0 saturated heterocycles. The topological polar surface area (TPSA) is 32.3 Å². The van der Waals surface area contributed by atoms with E-state index in [0.29, 0.717) is 6.54 Å². The molecule has 1 atom stereocenters. The number of rotatable bonds is 4. The maximum Gasteiger partial charge on any atom is 0.238 e. The molecule has 0 fully saturated rings. The third kappa shape index (κ3) is 3.82. The van der Waals surface area contributed by atoms with E-state index < -0.39 is 0 Å². The Hall–Kier alpha value is -2.43. The molecular formula is C23H24N2OS. The molecule has 1 amide bonds. The zero-order valence-electron chi connectivity index (χ0n) is 15.7. The average Bonchev–Trinajstić information content (AvgIpc) is 3.14. The van der Waals surface area contributed by atoms with Gasteiger partial charge in [0, 0.05) is 17.1 Å². The van der Waals surface area contributed by atoms with Gasteiger partial charge in [0.05, 0.1) is 12.6 Å². The van der Waals surface area contributed by atoms with Crippen molar-refractivity contribution in [3.8, 4) is 0 Å². The van der Waals surface area contributed by atoms with Crippen LogP contribution >= 0.6 is 11.3 Å². The zero-order chi connectivity index (χ0) is 18.8. The molecule has 0 bridgehead atoms. The van der Waals surface area contributed by atoms with E-state index in [9.17, 15) is 4.79 Å². The molecular weight excluding hydrogens is 352 g/mol. The summed E-state index contributed by atoms with van der Waals surface area (Å²) in [4.78, 5) is 16.6. The van der Waals surface area contributed by atoms with E-state index in [-0.39, 0.29) is 11.9 Å². The summed E-state index contributed by atoms with van der Waals surface area (Å²) in [6, 6.07) is 19.0. The molecule has 1 N–H and O–H groups in total. The van der Waals surface area contributed by atoms with Crippen LogP contribution in [0, 0.1) is 13.8 Å². The minimum Gasteiger partial charge on any atom is -0.325 e. The lowest BCUT2D eigenvalue weighted by atomic mass is 9.93. The summed E-state index contributed by atoms with van der Waals surface area (Å²) in [6.45, 7) is 5.36. The Morgan fingerprint density at radius 2 is 1.96 bits per heavy atom. The molecule has 0 radical (unpaired) electrons. The lowest BCUT2D eigenvalue weighted by Gasteiger charge is -2.35. The third-order valence-corrected chi connectivity index (χ3v) is 6.19. The summed E-state index contributed by atoms with van der Waals surface area (Å²) < 4.78 is 0. The Morgan fingerprint density at radius 3 is 2.78 bits per heavy atom. The van der Waals surface area contributed by atoms with E-state index in [1.165, 1.54) is 16.0 Å². The van der Waals surface area contributed by atoms with Crippen LogP contribution in [0.2, 0.25) is 0 Å². The summed E-state index contributed by atoms with van der Waals surface area (Å²) >= 11 is 1.82. The number of benzene rings is 2. The molecule has 4 heteroatoms. The van der Waals surface area contributed by atoms with Gasteiger partial charge in [-0.05, 0) is 60.0 Å². The van der Waals surface area contributed by atoms with Crippen molar-refractivity contribution in [1.82, 2.24) is 4.90 Å². The number of hydrogen-bond acceptors (Lipinski definition) is 3. The minimum atomic E-state index is 0.0447. The van der Waals surface area contributed by atoms with Crippen molar-refractivity contribution in [3.05, 3.63) is 87.1 Å². The van der Waals surface area contributed by atoms with Crippen molar-refractivity contribution >= 4 is 22.9 Å². The van der Waals surface area contributed by atoms with Crippen molar-refractivity contribution < 1.29 is 4.79 Å². The number of fused-ring (bicyclic) bond motifs is 1. The maximum atomic E-state index is 12.8. The lowest BCUT2D eigenvalue weighted by Crippen LogP contribution is -2.40. The first kappa shape index (κ1) is 18.0. The Morgan fingerprint density at radius 1 is 1.15 bits per heavy atom. The van der Waals surface area contributed by atoms with Crippen molar-refractivity contribution in [2.75, 3.05) is 18.4 Å². The molecule has 0 aliphatic carbocycles. The van der Waals surface area contributed by atoms with Crippen molar-refractivity contribution in [1.29, 1.82) is 0 Å². The predicted octanol–water partition coefficient (Wildman–Crippen LogP) is 4.95. The maximum absolute atomic E-state index is 12.8. The van der Waals surface area contributed by atoms with Gasteiger partial charge in [0.2, 0.25) is 5.91 Å². The summed E-state index contributed by atoms with van der Waals surface area (Å²) in [7, 11) is 0. The van der Waals surface area contributed by atoms with Crippen LogP contribution in [0.5, 0.6) is 0 Å². The number of nitrogens with one attached hydrogen (secondary N) is 1. The second-order valence-corrected chi connectivity index (χ2v) is 8.20.